The van der Waals surface area contributed by atoms with Crippen LogP contribution in [0.1, 0.15) is 31.0 Å². The summed E-state index contributed by atoms with van der Waals surface area (Å²) in [4.78, 5) is 23.9. The lowest BCUT2D eigenvalue weighted by molar-refractivity contribution is -0.385. The summed E-state index contributed by atoms with van der Waals surface area (Å²) >= 11 is 0. The number of likely N-dealkylation sites (N-methyl/N-ethyl adjacent to an activating group) is 1. The molecule has 1 rings (SSSR count). The maximum atomic E-state index is 11.8. The van der Waals surface area contributed by atoms with Crippen molar-refractivity contribution in [2.24, 2.45) is 0 Å². The number of nitrogens with one attached hydrogen (secondary N) is 1. The van der Waals surface area contributed by atoms with Crippen LogP contribution in [0.3, 0.4) is 0 Å². The largest absolute Gasteiger partial charge is 0.347 e. The molecule has 1 aromatic carbocycles. The number of nitro benzene ring substituents is 1. The van der Waals surface area contributed by atoms with Gasteiger partial charge in [-0.2, -0.15) is 0 Å². The molecule has 0 aromatic heterocycles. The number of carbonyl (C=O) groups excluding carboxylic acids is 1. The van der Waals surface area contributed by atoms with E-state index in [1.165, 1.54) is 4.90 Å². The molecule has 0 saturated carbocycles. The van der Waals surface area contributed by atoms with E-state index in [0.717, 1.165) is 5.56 Å². The second-order valence-electron chi connectivity index (χ2n) is 5.15. The second kappa shape index (κ2) is 6.47. The van der Waals surface area contributed by atoms with E-state index in [-0.39, 0.29) is 28.6 Å². The molecule has 0 aliphatic rings. The maximum absolute atomic E-state index is 11.8. The number of aryl methyl sites for hydroxylation is 1. The number of amides is 1. The van der Waals surface area contributed by atoms with Crippen molar-refractivity contribution in [2.75, 3.05) is 14.1 Å². The van der Waals surface area contributed by atoms with Crippen LogP contribution in [0.15, 0.2) is 18.2 Å². The zero-order valence-corrected chi connectivity index (χ0v) is 12.5. The smallest absolute Gasteiger partial charge is 0.272 e. The van der Waals surface area contributed by atoms with Gasteiger partial charge in [0.1, 0.15) is 0 Å². The molecule has 2 atom stereocenters. The minimum Gasteiger partial charge on any atom is -0.347 e. The van der Waals surface area contributed by atoms with Crippen molar-refractivity contribution in [3.63, 3.8) is 0 Å². The molecule has 0 saturated heterocycles. The Kier molecular flexibility index (Phi) is 5.21. The van der Waals surface area contributed by atoms with Crippen molar-refractivity contribution < 1.29 is 9.72 Å². The molecular weight excluding hydrogens is 258 g/mol. The van der Waals surface area contributed by atoms with Gasteiger partial charge in [0, 0.05) is 31.8 Å². The lowest BCUT2D eigenvalue weighted by Gasteiger charge is -2.22. The highest BCUT2D eigenvalue weighted by molar-refractivity contribution is 5.80. The van der Waals surface area contributed by atoms with Crippen molar-refractivity contribution in [1.29, 1.82) is 0 Å². The zero-order valence-electron chi connectivity index (χ0n) is 12.5. The lowest BCUT2D eigenvalue weighted by Crippen LogP contribution is -2.42. The number of hydrogen-bond acceptors (Lipinski definition) is 4. The topological polar surface area (TPSA) is 75.5 Å². The minimum atomic E-state index is -0.389. The zero-order chi connectivity index (χ0) is 15.4. The molecule has 0 aliphatic carbocycles. The van der Waals surface area contributed by atoms with E-state index in [1.807, 2.05) is 13.0 Å². The molecule has 6 heteroatoms. The summed E-state index contributed by atoms with van der Waals surface area (Å²) in [5, 5.41) is 14.1. The van der Waals surface area contributed by atoms with E-state index < -0.39 is 0 Å². The summed E-state index contributed by atoms with van der Waals surface area (Å²) in [6, 6.07) is 4.63. The van der Waals surface area contributed by atoms with Gasteiger partial charge < -0.3 is 4.90 Å². The van der Waals surface area contributed by atoms with Crippen LogP contribution in [0.2, 0.25) is 0 Å². The average molecular weight is 279 g/mol. The fourth-order valence-corrected chi connectivity index (χ4v) is 2.02. The average Bonchev–Trinajstić information content (AvgIpc) is 2.37. The molecule has 0 radical (unpaired) electrons. The van der Waals surface area contributed by atoms with Crippen molar-refractivity contribution >= 4 is 11.6 Å². The highest BCUT2D eigenvalue weighted by atomic mass is 16.6. The van der Waals surface area contributed by atoms with Gasteiger partial charge >= 0.3 is 0 Å². The number of hydrogen-bond donors (Lipinski definition) is 1. The van der Waals surface area contributed by atoms with E-state index in [0.29, 0.717) is 5.56 Å². The Morgan fingerprint density at radius 3 is 2.45 bits per heavy atom. The van der Waals surface area contributed by atoms with Crippen LogP contribution in [0.4, 0.5) is 5.69 Å². The van der Waals surface area contributed by atoms with Crippen LogP contribution in [0, 0.1) is 17.0 Å². The van der Waals surface area contributed by atoms with E-state index >= 15 is 0 Å². The van der Waals surface area contributed by atoms with Crippen molar-refractivity contribution in [1.82, 2.24) is 10.2 Å². The molecule has 6 nitrogen and oxygen atoms in total. The van der Waals surface area contributed by atoms with Gasteiger partial charge in [-0.05, 0) is 26.3 Å². The Morgan fingerprint density at radius 1 is 1.35 bits per heavy atom. The maximum Gasteiger partial charge on any atom is 0.272 e. The monoisotopic (exact) mass is 279 g/mol. The highest BCUT2D eigenvalue weighted by Gasteiger charge is 2.19. The number of benzene rings is 1. The Morgan fingerprint density at radius 2 is 1.95 bits per heavy atom. The van der Waals surface area contributed by atoms with Crippen LogP contribution in [0.25, 0.3) is 0 Å². The van der Waals surface area contributed by atoms with E-state index in [1.54, 1.807) is 40.1 Å². The van der Waals surface area contributed by atoms with Crippen LogP contribution in [-0.2, 0) is 4.79 Å². The molecule has 0 heterocycles. The van der Waals surface area contributed by atoms with Gasteiger partial charge in [-0.1, -0.05) is 12.1 Å². The Bertz CT molecular complexity index is 514. The fraction of sp³-hybridized carbons (Fsp3) is 0.500. The summed E-state index contributed by atoms with van der Waals surface area (Å²) in [6.07, 6.45) is 0. The normalized spacial score (nSPS) is 13.7. The third kappa shape index (κ3) is 3.77. The van der Waals surface area contributed by atoms with Crippen LogP contribution >= 0.6 is 0 Å². The van der Waals surface area contributed by atoms with Crippen LogP contribution in [-0.4, -0.2) is 35.9 Å². The molecule has 1 aromatic rings. The van der Waals surface area contributed by atoms with E-state index in [4.69, 9.17) is 0 Å². The number of nitrogens with zero attached hydrogens (tertiary/aromatic N) is 2. The summed E-state index contributed by atoms with van der Waals surface area (Å²) in [5.41, 5.74) is 1.52. The van der Waals surface area contributed by atoms with Crippen molar-refractivity contribution in [2.45, 2.75) is 32.9 Å². The third-order valence-corrected chi connectivity index (χ3v) is 3.24. The van der Waals surface area contributed by atoms with Crippen LogP contribution < -0.4 is 5.32 Å². The quantitative estimate of drug-likeness (QED) is 0.661. The summed E-state index contributed by atoms with van der Waals surface area (Å²) in [5.74, 6) is -0.0292. The fourth-order valence-electron chi connectivity index (χ4n) is 2.02. The Labute approximate surface area is 118 Å². The van der Waals surface area contributed by atoms with Crippen molar-refractivity contribution in [3.8, 4) is 0 Å². The Balaban J connectivity index is 2.88. The van der Waals surface area contributed by atoms with E-state index in [9.17, 15) is 14.9 Å². The Hall–Kier alpha value is -1.95. The van der Waals surface area contributed by atoms with Gasteiger partial charge in [0.2, 0.25) is 5.91 Å². The van der Waals surface area contributed by atoms with Gasteiger partial charge in [0.05, 0.1) is 11.0 Å². The molecule has 110 valence electrons. The van der Waals surface area contributed by atoms with E-state index in [2.05, 4.69) is 5.32 Å². The molecule has 0 spiro atoms. The molecule has 0 fully saturated rings. The van der Waals surface area contributed by atoms with Crippen LogP contribution in [0.5, 0.6) is 0 Å². The van der Waals surface area contributed by atoms with Crippen molar-refractivity contribution in [3.05, 3.63) is 39.4 Å². The molecule has 0 aliphatic heterocycles. The number of carbonyl (C=O) groups is 1. The summed E-state index contributed by atoms with van der Waals surface area (Å²) in [6.45, 7) is 5.37. The molecular formula is C14H21N3O3. The second-order valence-corrected chi connectivity index (χ2v) is 5.15. The first kappa shape index (κ1) is 16.1. The highest BCUT2D eigenvalue weighted by Crippen LogP contribution is 2.23. The molecule has 2 unspecified atom stereocenters. The molecule has 0 bridgehead atoms. The molecule has 20 heavy (non-hydrogen) atoms. The molecule has 1 amide bonds. The van der Waals surface area contributed by atoms with Gasteiger partial charge in [-0.3, -0.25) is 20.2 Å². The molecule has 1 N–H and O–H groups in total. The lowest BCUT2D eigenvalue weighted by atomic mass is 10.0. The predicted octanol–water partition coefficient (Wildman–Crippen LogP) is 2.03. The summed E-state index contributed by atoms with van der Waals surface area (Å²) in [7, 11) is 3.39. The number of rotatable bonds is 5. The first-order valence-electron chi connectivity index (χ1n) is 6.46. The predicted molar refractivity (Wildman–Crippen MR) is 77.5 cm³/mol. The third-order valence-electron chi connectivity index (χ3n) is 3.24. The van der Waals surface area contributed by atoms with Gasteiger partial charge in [-0.25, -0.2) is 0 Å². The first-order valence-corrected chi connectivity index (χ1v) is 6.46. The first-order chi connectivity index (χ1) is 9.23. The summed E-state index contributed by atoms with van der Waals surface area (Å²) < 4.78 is 0. The number of nitro groups is 1. The standard InChI is InChI=1S/C14H21N3O3/c1-9-6-7-12(8-13(9)17(19)20)10(2)15-11(3)14(18)16(4)5/h6-8,10-11,15H,1-5H3. The SMILES string of the molecule is Cc1ccc(C(C)NC(C)C(=O)N(C)C)cc1[N+](=O)[O-]. The van der Waals surface area contributed by atoms with Gasteiger partial charge in [0.15, 0.2) is 0 Å². The minimum absolute atomic E-state index is 0.0292. The van der Waals surface area contributed by atoms with Gasteiger partial charge in [0.25, 0.3) is 5.69 Å². The van der Waals surface area contributed by atoms with Gasteiger partial charge in [-0.15, -0.1) is 0 Å².